The third-order valence-corrected chi connectivity index (χ3v) is 5.68. The lowest BCUT2D eigenvalue weighted by molar-refractivity contribution is -0.115. The molecule has 1 aromatic carbocycles. The molecule has 0 aromatic heterocycles. The molecular weight excluding hydrogens is 377 g/mol. The zero-order valence-corrected chi connectivity index (χ0v) is 12.2. The van der Waals surface area contributed by atoms with Crippen molar-refractivity contribution in [1.82, 2.24) is 0 Å². The van der Waals surface area contributed by atoms with Gasteiger partial charge in [0.15, 0.2) is 0 Å². The molecule has 1 amide bonds. The summed E-state index contributed by atoms with van der Waals surface area (Å²) in [6, 6.07) is 6.86. The Bertz CT molecular complexity index is 543. The number of rotatable bonds is 2. The molecular formula is C9H8INO4S2. The molecule has 92 valence electrons. The second-order valence-electron chi connectivity index (χ2n) is 3.37. The van der Waals surface area contributed by atoms with Gasteiger partial charge in [-0.2, -0.15) is 8.42 Å². The summed E-state index contributed by atoms with van der Waals surface area (Å²) in [5, 5.41) is 0. The minimum Gasteiger partial charge on any atom is -0.283 e. The van der Waals surface area contributed by atoms with Crippen molar-refractivity contribution in [3.63, 3.8) is 0 Å². The molecule has 5 nitrogen and oxygen atoms in total. The van der Waals surface area contributed by atoms with Gasteiger partial charge in [0.05, 0.1) is 5.75 Å². The number of anilines is 1. The number of hydrogen-bond acceptors (Lipinski definition) is 4. The molecule has 1 saturated heterocycles. The molecule has 1 heterocycles. The van der Waals surface area contributed by atoms with Crippen molar-refractivity contribution in [3.05, 3.63) is 27.8 Å². The molecule has 1 unspecified atom stereocenters. The van der Waals surface area contributed by atoms with Gasteiger partial charge in [0.1, 0.15) is 0 Å². The minimum atomic E-state index is -4.28. The van der Waals surface area contributed by atoms with E-state index in [1.807, 2.05) is 0 Å². The fourth-order valence-corrected chi connectivity index (χ4v) is 4.06. The highest BCUT2D eigenvalue weighted by Crippen LogP contribution is 2.33. The van der Waals surface area contributed by atoms with E-state index in [0.717, 1.165) is 20.2 Å². The number of carbonyl (C=O) groups excluding carboxylic acids is 1. The molecule has 0 radical (unpaired) electrons. The Hall–Kier alpha value is -0.320. The summed E-state index contributed by atoms with van der Waals surface area (Å²) in [6.07, 6.45) is 0. The molecule has 0 bridgehead atoms. The maximum atomic E-state index is 11.6. The van der Waals surface area contributed by atoms with Crippen molar-refractivity contribution in [2.75, 3.05) is 10.7 Å². The number of hydrogen-bond donors (Lipinski definition) is 1. The van der Waals surface area contributed by atoms with Crippen LogP contribution in [-0.2, 0) is 14.9 Å². The molecule has 1 N–H and O–H groups in total. The summed E-state index contributed by atoms with van der Waals surface area (Å²) in [5.74, 6) is -0.268. The van der Waals surface area contributed by atoms with Crippen molar-refractivity contribution >= 4 is 56.1 Å². The number of nitrogens with zero attached hydrogens (tertiary/aromatic N) is 1. The Morgan fingerprint density at radius 2 is 1.94 bits per heavy atom. The van der Waals surface area contributed by atoms with Crippen LogP contribution in [0.2, 0.25) is 0 Å². The third kappa shape index (κ3) is 2.75. The van der Waals surface area contributed by atoms with Crippen LogP contribution in [0.1, 0.15) is 0 Å². The largest absolute Gasteiger partial charge is 0.296 e. The number of halogens is 1. The van der Waals surface area contributed by atoms with E-state index < -0.39 is 14.8 Å². The molecule has 1 aliphatic rings. The van der Waals surface area contributed by atoms with Gasteiger partial charge in [0.2, 0.25) is 10.6 Å². The second kappa shape index (κ2) is 4.75. The summed E-state index contributed by atoms with van der Waals surface area (Å²) in [4.78, 5) is 12.8. The lowest BCUT2D eigenvalue weighted by Crippen LogP contribution is -2.37. The molecule has 1 aliphatic heterocycles. The van der Waals surface area contributed by atoms with Gasteiger partial charge >= 0.3 is 0 Å². The zero-order valence-electron chi connectivity index (χ0n) is 8.41. The molecule has 2 rings (SSSR count). The van der Waals surface area contributed by atoms with Gasteiger partial charge in [0, 0.05) is 9.26 Å². The fraction of sp³-hybridized carbons (Fsp3) is 0.222. The molecule has 1 atom stereocenters. The van der Waals surface area contributed by atoms with Gasteiger partial charge in [-0.3, -0.25) is 14.2 Å². The molecule has 8 heteroatoms. The Balaban J connectivity index is 2.41. The first-order valence-corrected chi connectivity index (χ1v) is 8.18. The average Bonchev–Trinajstić information content (AvgIpc) is 2.61. The van der Waals surface area contributed by atoms with E-state index in [9.17, 15) is 13.2 Å². The maximum absolute atomic E-state index is 11.6. The number of amides is 1. The van der Waals surface area contributed by atoms with Crippen LogP contribution >= 0.6 is 34.4 Å². The van der Waals surface area contributed by atoms with Crippen LogP contribution in [0, 0.1) is 3.57 Å². The van der Waals surface area contributed by atoms with Crippen LogP contribution in [0.5, 0.6) is 0 Å². The van der Waals surface area contributed by atoms with Crippen LogP contribution in [0.25, 0.3) is 0 Å². The highest BCUT2D eigenvalue weighted by Gasteiger charge is 2.40. The SMILES string of the molecule is O=C1CSC(S(=O)(=O)O)N1c1ccc(I)cc1. The summed E-state index contributed by atoms with van der Waals surface area (Å²) in [5.41, 5.74) is 0.475. The van der Waals surface area contributed by atoms with E-state index in [1.54, 1.807) is 24.3 Å². The van der Waals surface area contributed by atoms with E-state index in [2.05, 4.69) is 22.6 Å². The number of carbonyl (C=O) groups is 1. The van der Waals surface area contributed by atoms with Crippen molar-refractivity contribution < 1.29 is 17.8 Å². The molecule has 1 aromatic rings. The Morgan fingerprint density at radius 3 is 2.47 bits per heavy atom. The van der Waals surface area contributed by atoms with E-state index in [0.29, 0.717) is 5.69 Å². The Kier molecular flexibility index (Phi) is 3.66. The summed E-state index contributed by atoms with van der Waals surface area (Å²) in [6.45, 7) is 0. The Morgan fingerprint density at radius 1 is 1.35 bits per heavy atom. The number of thioether (sulfide) groups is 1. The van der Waals surface area contributed by atoms with Crippen molar-refractivity contribution in [2.45, 2.75) is 4.71 Å². The molecule has 1 fully saturated rings. The standard InChI is InChI=1S/C9H8INO4S2/c10-6-1-3-7(4-2-6)11-8(12)5-16-9(11)17(13,14)15/h1-4,9H,5H2,(H,13,14,15). The average molecular weight is 385 g/mol. The second-order valence-corrected chi connectivity index (χ2v) is 7.46. The predicted octanol–water partition coefficient (Wildman–Crippen LogP) is 1.54. The summed E-state index contributed by atoms with van der Waals surface area (Å²) < 4.78 is 31.2. The van der Waals surface area contributed by atoms with Crippen LogP contribution in [0.4, 0.5) is 5.69 Å². The molecule has 17 heavy (non-hydrogen) atoms. The van der Waals surface area contributed by atoms with E-state index in [-0.39, 0.29) is 11.7 Å². The zero-order chi connectivity index (χ0) is 12.6. The molecule has 0 spiro atoms. The first-order chi connectivity index (χ1) is 7.89. The fourth-order valence-electron chi connectivity index (χ4n) is 1.49. The van der Waals surface area contributed by atoms with Crippen molar-refractivity contribution in [2.24, 2.45) is 0 Å². The third-order valence-electron chi connectivity index (χ3n) is 2.19. The molecule has 0 aliphatic carbocycles. The topological polar surface area (TPSA) is 74.7 Å². The highest BCUT2D eigenvalue weighted by molar-refractivity contribution is 14.1. The smallest absolute Gasteiger partial charge is 0.283 e. The first kappa shape index (κ1) is 13.1. The predicted molar refractivity (Wildman–Crippen MR) is 74.4 cm³/mol. The van der Waals surface area contributed by atoms with Gasteiger partial charge in [-0.15, -0.1) is 11.8 Å². The van der Waals surface area contributed by atoms with E-state index in [4.69, 9.17) is 4.55 Å². The van der Waals surface area contributed by atoms with Crippen LogP contribution in [0.15, 0.2) is 24.3 Å². The van der Waals surface area contributed by atoms with E-state index >= 15 is 0 Å². The lowest BCUT2D eigenvalue weighted by Gasteiger charge is -2.21. The van der Waals surface area contributed by atoms with Gasteiger partial charge in [-0.25, -0.2) is 0 Å². The van der Waals surface area contributed by atoms with Crippen LogP contribution in [0.3, 0.4) is 0 Å². The van der Waals surface area contributed by atoms with Gasteiger partial charge < -0.3 is 0 Å². The van der Waals surface area contributed by atoms with Crippen molar-refractivity contribution in [1.29, 1.82) is 0 Å². The quantitative estimate of drug-likeness (QED) is 0.618. The van der Waals surface area contributed by atoms with Gasteiger partial charge in [-0.1, -0.05) is 0 Å². The Labute approximate surface area is 116 Å². The molecule has 0 saturated carbocycles. The lowest BCUT2D eigenvalue weighted by atomic mass is 10.3. The van der Waals surface area contributed by atoms with Gasteiger partial charge in [0.25, 0.3) is 10.1 Å². The van der Waals surface area contributed by atoms with E-state index in [1.165, 1.54) is 0 Å². The van der Waals surface area contributed by atoms with Crippen LogP contribution < -0.4 is 4.90 Å². The maximum Gasteiger partial charge on any atom is 0.296 e. The summed E-state index contributed by atoms with van der Waals surface area (Å²) >= 11 is 3.01. The minimum absolute atomic E-state index is 0.0520. The monoisotopic (exact) mass is 385 g/mol. The van der Waals surface area contributed by atoms with Crippen molar-refractivity contribution in [3.8, 4) is 0 Å². The normalized spacial score (nSPS) is 20.9. The summed E-state index contributed by atoms with van der Waals surface area (Å²) in [7, 11) is -4.28. The van der Waals surface area contributed by atoms with Crippen LogP contribution in [-0.4, -0.2) is 29.3 Å². The highest BCUT2D eigenvalue weighted by atomic mass is 127. The number of benzene rings is 1. The first-order valence-electron chi connectivity index (χ1n) is 4.55. The van der Waals surface area contributed by atoms with Gasteiger partial charge in [-0.05, 0) is 46.9 Å².